The molecular weight excluding hydrogens is 210 g/mol. The van der Waals surface area contributed by atoms with Crippen molar-refractivity contribution in [1.29, 1.82) is 0 Å². The fraction of sp³-hybridized carbons (Fsp3) is 0.533. The van der Waals surface area contributed by atoms with Crippen LogP contribution in [0.5, 0.6) is 0 Å². The Bertz CT molecular complexity index is 363. The summed E-state index contributed by atoms with van der Waals surface area (Å²) in [6, 6.07) is 7.76. The Morgan fingerprint density at radius 2 is 1.88 bits per heavy atom. The zero-order valence-electron chi connectivity index (χ0n) is 10.5. The summed E-state index contributed by atoms with van der Waals surface area (Å²) in [5, 5.41) is 3.43. The van der Waals surface area contributed by atoms with Gasteiger partial charge in [-0.25, -0.2) is 0 Å². The van der Waals surface area contributed by atoms with Gasteiger partial charge in [0.2, 0.25) is 0 Å². The third-order valence-electron chi connectivity index (χ3n) is 3.65. The van der Waals surface area contributed by atoms with Crippen LogP contribution < -0.4 is 5.32 Å². The topological polar surface area (TPSA) is 29.1 Å². The Hall–Kier alpha value is -1.31. The number of carbonyl (C=O) groups excluding carboxylic acids is 1. The van der Waals surface area contributed by atoms with Gasteiger partial charge in [-0.1, -0.05) is 25.7 Å². The van der Waals surface area contributed by atoms with Crippen molar-refractivity contribution in [2.24, 2.45) is 5.92 Å². The lowest BCUT2D eigenvalue weighted by molar-refractivity contribution is 0.101. The molecule has 1 aromatic rings. The molecule has 1 N–H and O–H groups in total. The number of ketones is 1. The molecule has 0 heterocycles. The zero-order chi connectivity index (χ0) is 12.1. The summed E-state index contributed by atoms with van der Waals surface area (Å²) >= 11 is 0. The van der Waals surface area contributed by atoms with Crippen molar-refractivity contribution < 1.29 is 4.79 Å². The molecule has 92 valence electrons. The lowest BCUT2D eigenvalue weighted by Crippen LogP contribution is -2.06. The van der Waals surface area contributed by atoms with E-state index < -0.39 is 0 Å². The molecule has 0 saturated heterocycles. The largest absolute Gasteiger partial charge is 0.385 e. The van der Waals surface area contributed by atoms with Gasteiger partial charge < -0.3 is 5.32 Å². The molecule has 0 aromatic heterocycles. The van der Waals surface area contributed by atoms with Gasteiger partial charge in [-0.2, -0.15) is 0 Å². The molecule has 2 rings (SSSR count). The van der Waals surface area contributed by atoms with Crippen LogP contribution in [0, 0.1) is 5.92 Å². The number of anilines is 1. The summed E-state index contributed by atoms with van der Waals surface area (Å²) < 4.78 is 0. The van der Waals surface area contributed by atoms with E-state index in [0.717, 1.165) is 23.7 Å². The first-order valence-corrected chi connectivity index (χ1v) is 6.60. The highest BCUT2D eigenvalue weighted by molar-refractivity contribution is 5.94. The Kier molecular flexibility index (Phi) is 4.18. The van der Waals surface area contributed by atoms with Gasteiger partial charge in [0.15, 0.2) is 5.78 Å². The van der Waals surface area contributed by atoms with Crippen LogP contribution in [0.4, 0.5) is 5.69 Å². The Morgan fingerprint density at radius 3 is 2.47 bits per heavy atom. The van der Waals surface area contributed by atoms with Crippen LogP contribution >= 0.6 is 0 Å². The van der Waals surface area contributed by atoms with Gasteiger partial charge >= 0.3 is 0 Å². The highest BCUT2D eigenvalue weighted by Crippen LogP contribution is 2.27. The minimum Gasteiger partial charge on any atom is -0.385 e. The molecule has 0 bridgehead atoms. The molecule has 2 nitrogen and oxygen atoms in total. The first-order valence-electron chi connectivity index (χ1n) is 6.60. The van der Waals surface area contributed by atoms with E-state index in [4.69, 9.17) is 0 Å². The zero-order valence-corrected chi connectivity index (χ0v) is 10.5. The summed E-state index contributed by atoms with van der Waals surface area (Å²) in [5.74, 6) is 1.06. The van der Waals surface area contributed by atoms with E-state index >= 15 is 0 Å². The fourth-order valence-corrected chi connectivity index (χ4v) is 2.54. The van der Waals surface area contributed by atoms with Crippen molar-refractivity contribution in [3.05, 3.63) is 29.8 Å². The van der Waals surface area contributed by atoms with Crippen LogP contribution in [0.2, 0.25) is 0 Å². The van der Waals surface area contributed by atoms with Crippen molar-refractivity contribution in [3.8, 4) is 0 Å². The standard InChI is InChI=1S/C15H21NO/c1-12(17)14-6-8-15(9-7-14)16-11-10-13-4-2-3-5-13/h6-9,13,16H,2-5,10-11H2,1H3. The number of hydrogen-bond acceptors (Lipinski definition) is 2. The van der Waals surface area contributed by atoms with E-state index in [-0.39, 0.29) is 5.78 Å². The van der Waals surface area contributed by atoms with Gasteiger partial charge in [0.1, 0.15) is 0 Å². The van der Waals surface area contributed by atoms with E-state index in [1.54, 1.807) is 6.92 Å². The molecule has 0 spiro atoms. The number of hydrogen-bond donors (Lipinski definition) is 1. The van der Waals surface area contributed by atoms with Crippen LogP contribution in [0.25, 0.3) is 0 Å². The van der Waals surface area contributed by atoms with Crippen LogP contribution in [-0.4, -0.2) is 12.3 Å². The minimum atomic E-state index is 0.127. The number of Topliss-reactive ketones (excluding diaryl/α,β-unsaturated/α-hetero) is 1. The lowest BCUT2D eigenvalue weighted by Gasteiger charge is -2.10. The molecule has 2 heteroatoms. The Balaban J connectivity index is 1.76. The number of benzene rings is 1. The SMILES string of the molecule is CC(=O)c1ccc(NCCC2CCCC2)cc1. The van der Waals surface area contributed by atoms with Gasteiger partial charge in [0.05, 0.1) is 0 Å². The van der Waals surface area contributed by atoms with E-state index in [0.29, 0.717) is 0 Å². The second-order valence-corrected chi connectivity index (χ2v) is 5.00. The summed E-state index contributed by atoms with van der Waals surface area (Å²) in [5.41, 5.74) is 1.90. The molecule has 17 heavy (non-hydrogen) atoms. The van der Waals surface area contributed by atoms with Crippen molar-refractivity contribution in [2.45, 2.75) is 39.0 Å². The minimum absolute atomic E-state index is 0.127. The quantitative estimate of drug-likeness (QED) is 0.779. The normalized spacial score (nSPS) is 16.1. The van der Waals surface area contributed by atoms with Crippen molar-refractivity contribution in [1.82, 2.24) is 0 Å². The fourth-order valence-electron chi connectivity index (χ4n) is 2.54. The predicted molar refractivity (Wildman–Crippen MR) is 71.5 cm³/mol. The van der Waals surface area contributed by atoms with Crippen LogP contribution in [0.15, 0.2) is 24.3 Å². The molecule has 1 aliphatic rings. The van der Waals surface area contributed by atoms with Gasteiger partial charge in [0, 0.05) is 17.8 Å². The lowest BCUT2D eigenvalue weighted by atomic mass is 10.0. The Morgan fingerprint density at radius 1 is 1.24 bits per heavy atom. The van der Waals surface area contributed by atoms with Gasteiger partial charge in [-0.05, 0) is 43.5 Å². The molecule has 1 aromatic carbocycles. The summed E-state index contributed by atoms with van der Waals surface area (Å²) in [6.07, 6.45) is 6.92. The number of rotatable bonds is 5. The highest BCUT2D eigenvalue weighted by Gasteiger charge is 2.13. The third kappa shape index (κ3) is 3.58. The molecule has 0 aliphatic heterocycles. The van der Waals surface area contributed by atoms with Gasteiger partial charge in [-0.3, -0.25) is 4.79 Å². The van der Waals surface area contributed by atoms with Crippen LogP contribution in [0.3, 0.4) is 0 Å². The molecule has 1 saturated carbocycles. The smallest absolute Gasteiger partial charge is 0.159 e. The second kappa shape index (κ2) is 5.85. The maximum Gasteiger partial charge on any atom is 0.159 e. The maximum absolute atomic E-state index is 11.1. The molecule has 0 unspecified atom stereocenters. The monoisotopic (exact) mass is 231 g/mol. The van der Waals surface area contributed by atoms with Crippen LogP contribution in [-0.2, 0) is 0 Å². The van der Waals surface area contributed by atoms with Crippen molar-refractivity contribution in [2.75, 3.05) is 11.9 Å². The maximum atomic E-state index is 11.1. The number of nitrogens with one attached hydrogen (secondary N) is 1. The van der Waals surface area contributed by atoms with Gasteiger partial charge in [-0.15, -0.1) is 0 Å². The van der Waals surface area contributed by atoms with Crippen LogP contribution in [0.1, 0.15) is 49.4 Å². The Labute approximate surface area is 103 Å². The second-order valence-electron chi connectivity index (χ2n) is 5.00. The average molecular weight is 231 g/mol. The first-order chi connectivity index (χ1) is 8.25. The molecule has 1 fully saturated rings. The van der Waals surface area contributed by atoms with E-state index in [1.165, 1.54) is 32.1 Å². The molecular formula is C15H21NO. The van der Waals surface area contributed by atoms with E-state index in [2.05, 4.69) is 5.32 Å². The first kappa shape index (κ1) is 12.2. The highest BCUT2D eigenvalue weighted by atomic mass is 16.1. The molecule has 1 aliphatic carbocycles. The number of carbonyl (C=O) groups is 1. The molecule has 0 amide bonds. The predicted octanol–water partition coefficient (Wildman–Crippen LogP) is 3.88. The average Bonchev–Trinajstić information content (AvgIpc) is 2.83. The molecule has 0 radical (unpaired) electrons. The van der Waals surface area contributed by atoms with Gasteiger partial charge in [0.25, 0.3) is 0 Å². The van der Waals surface area contributed by atoms with Crippen molar-refractivity contribution >= 4 is 11.5 Å². The third-order valence-corrected chi connectivity index (χ3v) is 3.65. The summed E-state index contributed by atoms with van der Waals surface area (Å²) in [6.45, 7) is 2.65. The molecule has 0 atom stereocenters. The summed E-state index contributed by atoms with van der Waals surface area (Å²) in [4.78, 5) is 11.1. The van der Waals surface area contributed by atoms with E-state index in [9.17, 15) is 4.79 Å². The van der Waals surface area contributed by atoms with E-state index in [1.807, 2.05) is 24.3 Å². The summed E-state index contributed by atoms with van der Waals surface area (Å²) in [7, 11) is 0. The van der Waals surface area contributed by atoms with Crippen molar-refractivity contribution in [3.63, 3.8) is 0 Å².